The monoisotopic (exact) mass is 566 g/mol. The van der Waals surface area contributed by atoms with Crippen LogP contribution in [-0.2, 0) is 11.3 Å². The molecule has 1 amide bonds. The standard InChI is InChI=1S/C28H30Cl2F2N2O4/c29-19-4-3-18(23(30)9-19)13-33-7-5-16(6-8-33)15-38-26-12-24(32)22(11-21(26)17-1-2-17)27(35)34-14-20(31)10-25(34)28(36)37/h3-4,9,11-12,16-17,20,25H,1-2,5-8,10,13-15H2,(H,36,37)/t20-,25+/m1/s1. The second kappa shape index (κ2) is 11.4. The number of hydrogen-bond acceptors (Lipinski definition) is 4. The first-order valence-corrected chi connectivity index (χ1v) is 13.8. The van der Waals surface area contributed by atoms with Gasteiger partial charge in [0.25, 0.3) is 5.91 Å². The molecule has 3 fully saturated rings. The molecule has 0 aromatic heterocycles. The summed E-state index contributed by atoms with van der Waals surface area (Å²) in [6.45, 7) is 2.62. The molecule has 2 aliphatic heterocycles. The summed E-state index contributed by atoms with van der Waals surface area (Å²) in [5.41, 5.74) is 1.57. The van der Waals surface area contributed by atoms with Gasteiger partial charge >= 0.3 is 5.97 Å². The number of hydrogen-bond donors (Lipinski definition) is 1. The van der Waals surface area contributed by atoms with E-state index in [1.165, 1.54) is 12.1 Å². The minimum Gasteiger partial charge on any atom is -0.493 e. The highest BCUT2D eigenvalue weighted by molar-refractivity contribution is 6.35. The maximum Gasteiger partial charge on any atom is 0.326 e. The lowest BCUT2D eigenvalue weighted by atomic mass is 9.97. The molecule has 38 heavy (non-hydrogen) atoms. The number of ether oxygens (including phenoxy) is 1. The van der Waals surface area contributed by atoms with E-state index in [-0.39, 0.29) is 24.4 Å². The molecule has 204 valence electrons. The topological polar surface area (TPSA) is 70.1 Å². The summed E-state index contributed by atoms with van der Waals surface area (Å²) in [6, 6.07) is 6.96. The fourth-order valence-corrected chi connectivity index (χ4v) is 5.85. The van der Waals surface area contributed by atoms with E-state index in [9.17, 15) is 19.1 Å². The Balaban J connectivity index is 1.21. The van der Waals surface area contributed by atoms with Gasteiger partial charge in [0.2, 0.25) is 0 Å². The predicted octanol–water partition coefficient (Wildman–Crippen LogP) is 5.94. The maximum absolute atomic E-state index is 15.1. The van der Waals surface area contributed by atoms with Crippen LogP contribution in [-0.4, -0.2) is 65.2 Å². The Morgan fingerprint density at radius 3 is 2.47 bits per heavy atom. The molecule has 0 radical (unpaired) electrons. The van der Waals surface area contributed by atoms with Gasteiger partial charge in [-0.15, -0.1) is 0 Å². The Hall–Kier alpha value is -2.42. The minimum absolute atomic E-state index is 0.172. The number of carbonyl (C=O) groups is 2. The third-order valence-electron chi connectivity index (χ3n) is 7.73. The van der Waals surface area contributed by atoms with Crippen LogP contribution in [0.4, 0.5) is 8.78 Å². The number of carbonyl (C=O) groups excluding carboxylic acids is 1. The summed E-state index contributed by atoms with van der Waals surface area (Å²) in [7, 11) is 0. The van der Waals surface area contributed by atoms with Gasteiger partial charge in [0.15, 0.2) is 0 Å². The molecule has 2 aromatic carbocycles. The molecule has 2 heterocycles. The van der Waals surface area contributed by atoms with Gasteiger partial charge in [0.05, 0.1) is 18.7 Å². The van der Waals surface area contributed by atoms with Gasteiger partial charge in [-0.2, -0.15) is 0 Å². The number of likely N-dealkylation sites (tertiary alicyclic amines) is 2. The van der Waals surface area contributed by atoms with Crippen molar-refractivity contribution in [3.8, 4) is 5.75 Å². The third-order valence-corrected chi connectivity index (χ3v) is 8.32. The zero-order valence-corrected chi connectivity index (χ0v) is 22.4. The lowest BCUT2D eigenvalue weighted by molar-refractivity contribution is -0.141. The van der Waals surface area contributed by atoms with Crippen LogP contribution in [0.25, 0.3) is 0 Å². The summed E-state index contributed by atoms with van der Waals surface area (Å²) in [5.74, 6) is -1.95. The Kier molecular flexibility index (Phi) is 8.12. The Morgan fingerprint density at radius 2 is 1.82 bits per heavy atom. The molecule has 0 unspecified atom stereocenters. The third kappa shape index (κ3) is 6.08. The van der Waals surface area contributed by atoms with Crippen molar-refractivity contribution in [2.75, 3.05) is 26.2 Å². The van der Waals surface area contributed by atoms with E-state index in [1.807, 2.05) is 12.1 Å². The van der Waals surface area contributed by atoms with Gasteiger partial charge in [-0.25, -0.2) is 13.6 Å². The number of alkyl halides is 1. The van der Waals surface area contributed by atoms with Crippen LogP contribution in [0, 0.1) is 11.7 Å². The van der Waals surface area contributed by atoms with E-state index >= 15 is 4.39 Å². The number of carboxylic acid groups (broad SMARTS) is 1. The van der Waals surface area contributed by atoms with Gasteiger partial charge < -0.3 is 14.7 Å². The second-order valence-electron chi connectivity index (χ2n) is 10.6. The highest BCUT2D eigenvalue weighted by atomic mass is 35.5. The van der Waals surface area contributed by atoms with Crippen molar-refractivity contribution in [3.05, 3.63) is 62.9 Å². The summed E-state index contributed by atoms with van der Waals surface area (Å²) in [6.07, 6.45) is 1.95. The fourth-order valence-electron chi connectivity index (χ4n) is 5.38. The van der Waals surface area contributed by atoms with Crippen LogP contribution >= 0.6 is 23.2 Å². The zero-order valence-electron chi connectivity index (χ0n) is 20.8. The van der Waals surface area contributed by atoms with E-state index in [4.69, 9.17) is 27.9 Å². The molecule has 5 rings (SSSR count). The number of amides is 1. The van der Waals surface area contributed by atoms with Crippen molar-refractivity contribution in [3.63, 3.8) is 0 Å². The summed E-state index contributed by atoms with van der Waals surface area (Å²) < 4.78 is 35.1. The number of piperidine rings is 1. The number of carboxylic acids is 1. The van der Waals surface area contributed by atoms with Gasteiger partial charge in [-0.1, -0.05) is 29.3 Å². The summed E-state index contributed by atoms with van der Waals surface area (Å²) >= 11 is 12.3. The first kappa shape index (κ1) is 27.2. The Labute approximate surface area is 230 Å². The van der Waals surface area contributed by atoms with Crippen molar-refractivity contribution in [2.24, 2.45) is 5.92 Å². The largest absolute Gasteiger partial charge is 0.493 e. The molecule has 1 N–H and O–H groups in total. The highest BCUT2D eigenvalue weighted by Gasteiger charge is 2.41. The highest BCUT2D eigenvalue weighted by Crippen LogP contribution is 2.45. The van der Waals surface area contributed by atoms with Crippen LogP contribution in [0.1, 0.15) is 59.5 Å². The van der Waals surface area contributed by atoms with Crippen molar-refractivity contribution in [1.82, 2.24) is 9.80 Å². The van der Waals surface area contributed by atoms with E-state index in [1.54, 1.807) is 6.07 Å². The number of nitrogens with zero attached hydrogens (tertiary/aromatic N) is 2. The quantitative estimate of drug-likeness (QED) is 0.428. The molecule has 1 saturated carbocycles. The first-order valence-electron chi connectivity index (χ1n) is 13.0. The molecule has 2 aromatic rings. The second-order valence-corrected chi connectivity index (χ2v) is 11.4. The van der Waals surface area contributed by atoms with E-state index in [0.717, 1.165) is 61.3 Å². The Morgan fingerprint density at radius 1 is 1.08 bits per heavy atom. The lowest BCUT2D eigenvalue weighted by Crippen LogP contribution is -2.41. The average Bonchev–Trinajstić information content (AvgIpc) is 3.65. The van der Waals surface area contributed by atoms with Crippen molar-refractivity contribution in [1.29, 1.82) is 0 Å². The predicted molar refractivity (Wildman–Crippen MR) is 140 cm³/mol. The smallest absolute Gasteiger partial charge is 0.326 e. The van der Waals surface area contributed by atoms with E-state index in [2.05, 4.69) is 4.90 Å². The van der Waals surface area contributed by atoms with Gasteiger partial charge in [-0.3, -0.25) is 9.69 Å². The lowest BCUT2D eigenvalue weighted by Gasteiger charge is -2.32. The normalized spacial score (nSPS) is 22.6. The van der Waals surface area contributed by atoms with Gasteiger partial charge in [0, 0.05) is 29.1 Å². The molecule has 0 bridgehead atoms. The van der Waals surface area contributed by atoms with Crippen LogP contribution in [0.2, 0.25) is 10.0 Å². The van der Waals surface area contributed by atoms with Crippen molar-refractivity contribution >= 4 is 35.1 Å². The molecule has 2 saturated heterocycles. The number of halogens is 4. The van der Waals surface area contributed by atoms with Crippen molar-refractivity contribution in [2.45, 2.75) is 56.8 Å². The fraction of sp³-hybridized carbons (Fsp3) is 0.500. The summed E-state index contributed by atoms with van der Waals surface area (Å²) in [5, 5.41) is 10.7. The van der Waals surface area contributed by atoms with Crippen LogP contribution in [0.5, 0.6) is 5.75 Å². The molecule has 2 atom stereocenters. The zero-order chi connectivity index (χ0) is 27.0. The molecular formula is C28H30Cl2F2N2O4. The molecule has 6 nitrogen and oxygen atoms in total. The SMILES string of the molecule is O=C(O)[C@@H]1C[C@@H](F)CN1C(=O)c1cc(C2CC2)c(OCC2CCN(Cc3ccc(Cl)cc3Cl)CC2)cc1F. The van der Waals surface area contributed by atoms with Gasteiger partial charge in [0.1, 0.15) is 23.8 Å². The average molecular weight is 567 g/mol. The van der Waals surface area contributed by atoms with Crippen LogP contribution in [0.15, 0.2) is 30.3 Å². The molecular weight excluding hydrogens is 537 g/mol. The van der Waals surface area contributed by atoms with E-state index in [0.29, 0.717) is 28.3 Å². The number of rotatable bonds is 8. The molecule has 10 heteroatoms. The maximum atomic E-state index is 15.1. The molecule has 3 aliphatic rings. The van der Waals surface area contributed by atoms with E-state index < -0.39 is 29.9 Å². The van der Waals surface area contributed by atoms with Crippen molar-refractivity contribution < 1.29 is 28.2 Å². The van der Waals surface area contributed by atoms with Crippen LogP contribution in [0.3, 0.4) is 0 Å². The number of aliphatic carboxylic acids is 1. The number of benzene rings is 2. The van der Waals surface area contributed by atoms with Gasteiger partial charge in [-0.05, 0) is 79.9 Å². The first-order chi connectivity index (χ1) is 18.2. The molecule has 1 aliphatic carbocycles. The van der Waals surface area contributed by atoms with Crippen LogP contribution < -0.4 is 4.74 Å². The molecule has 0 spiro atoms. The Bertz CT molecular complexity index is 1220. The minimum atomic E-state index is -1.44. The summed E-state index contributed by atoms with van der Waals surface area (Å²) in [4.78, 5) is 27.8.